The van der Waals surface area contributed by atoms with E-state index in [1.54, 1.807) is 47.0 Å². The third-order valence-electron chi connectivity index (χ3n) is 4.40. The van der Waals surface area contributed by atoms with E-state index in [0.717, 1.165) is 11.1 Å². The van der Waals surface area contributed by atoms with Crippen LogP contribution in [0.3, 0.4) is 0 Å². The van der Waals surface area contributed by atoms with Crippen molar-refractivity contribution in [3.63, 3.8) is 0 Å². The van der Waals surface area contributed by atoms with Gasteiger partial charge in [-0.15, -0.1) is 0 Å². The molecule has 8 heteroatoms. The van der Waals surface area contributed by atoms with Crippen LogP contribution in [-0.2, 0) is 16.1 Å². The van der Waals surface area contributed by atoms with Crippen molar-refractivity contribution in [2.24, 2.45) is 0 Å². The van der Waals surface area contributed by atoms with Crippen LogP contribution in [-0.4, -0.2) is 21.8 Å². The number of nitrogens with zero attached hydrogens (tertiary/aromatic N) is 1. The highest BCUT2D eigenvalue weighted by molar-refractivity contribution is 6.31. The van der Waals surface area contributed by atoms with E-state index in [9.17, 15) is 9.90 Å². The second-order valence-corrected chi connectivity index (χ2v) is 7.23. The van der Waals surface area contributed by atoms with Gasteiger partial charge in [0, 0.05) is 22.0 Å². The highest BCUT2D eigenvalue weighted by Crippen LogP contribution is 2.38. The zero-order valence-corrected chi connectivity index (χ0v) is 17.4. The van der Waals surface area contributed by atoms with E-state index in [1.165, 1.54) is 0 Å². The number of carboxylic acid groups (broad SMARTS) is 1. The summed E-state index contributed by atoms with van der Waals surface area (Å²) in [4.78, 5) is 28.4. The zero-order valence-electron chi connectivity index (χ0n) is 15.9. The van der Waals surface area contributed by atoms with E-state index in [-0.39, 0.29) is 17.6 Å². The molecule has 1 heterocycles. The second-order valence-electron chi connectivity index (χ2n) is 6.36. The van der Waals surface area contributed by atoms with Gasteiger partial charge in [0.25, 0.3) is 0 Å². The fourth-order valence-electron chi connectivity index (χ4n) is 3.15. The number of aromatic carboxylic acids is 1. The Kier molecular flexibility index (Phi) is 7.11. The van der Waals surface area contributed by atoms with Gasteiger partial charge in [-0.1, -0.05) is 53.5 Å². The normalized spacial score (nSPS) is 10.1. The molecular formula is C23H15Cl2NO5. The third-order valence-corrected chi connectivity index (χ3v) is 4.89. The Morgan fingerprint density at radius 2 is 1.55 bits per heavy atom. The summed E-state index contributed by atoms with van der Waals surface area (Å²) in [5, 5.41) is 11.7. The number of ether oxygens (including phenoxy) is 1. The lowest BCUT2D eigenvalue weighted by Gasteiger charge is -2.10. The number of benzene rings is 3. The van der Waals surface area contributed by atoms with Crippen molar-refractivity contribution in [1.29, 1.82) is 0 Å². The highest BCUT2D eigenvalue weighted by atomic mass is 35.5. The number of carbonyl (C=O) groups excluding carboxylic acids is 2. The van der Waals surface area contributed by atoms with Crippen LogP contribution in [0, 0.1) is 0 Å². The van der Waals surface area contributed by atoms with Gasteiger partial charge in [-0.25, -0.2) is 4.79 Å². The highest BCUT2D eigenvalue weighted by Gasteiger charge is 2.25. The van der Waals surface area contributed by atoms with Crippen LogP contribution in [0.5, 0.6) is 11.5 Å². The number of fused-ring (bicyclic) bond motifs is 1. The topological polar surface area (TPSA) is 85.6 Å². The molecule has 0 bridgehead atoms. The Morgan fingerprint density at radius 3 is 2.16 bits per heavy atom. The maximum atomic E-state index is 12.2. The van der Waals surface area contributed by atoms with Gasteiger partial charge >= 0.3 is 12.1 Å². The standard InChI is InChI=1S/C22H15Cl2NO3.CO2/c23-15-8-6-14(7-9-15)13-25-19-11-10-16(24)12-18(19)21(20(25)22(26)27)28-17-4-2-1-3-5-17;2-1-3/h1-12H,13H2,(H,26,27);. The van der Waals surface area contributed by atoms with Crippen LogP contribution < -0.4 is 4.74 Å². The number of hydrogen-bond donors (Lipinski definition) is 1. The molecule has 0 fully saturated rings. The molecule has 0 amide bonds. The summed E-state index contributed by atoms with van der Waals surface area (Å²) >= 11 is 12.2. The van der Waals surface area contributed by atoms with E-state index in [1.807, 2.05) is 30.3 Å². The van der Waals surface area contributed by atoms with E-state index < -0.39 is 5.97 Å². The van der Waals surface area contributed by atoms with Crippen molar-refractivity contribution in [3.8, 4) is 11.5 Å². The molecule has 0 unspecified atom stereocenters. The van der Waals surface area contributed by atoms with Crippen LogP contribution in [0.1, 0.15) is 16.1 Å². The lowest BCUT2D eigenvalue weighted by molar-refractivity contribution is -0.191. The lowest BCUT2D eigenvalue weighted by atomic mass is 10.2. The second kappa shape index (κ2) is 9.96. The number of carbonyl (C=O) groups is 1. The summed E-state index contributed by atoms with van der Waals surface area (Å²) in [6, 6.07) is 21.6. The molecule has 1 N–H and O–H groups in total. The molecule has 6 nitrogen and oxygen atoms in total. The van der Waals surface area contributed by atoms with Gasteiger partial charge in [-0.3, -0.25) is 0 Å². The summed E-state index contributed by atoms with van der Waals surface area (Å²) in [5.74, 6) is -0.257. The molecule has 0 saturated carbocycles. The Morgan fingerprint density at radius 1 is 0.935 bits per heavy atom. The number of rotatable bonds is 5. The first kappa shape index (κ1) is 22.1. The molecule has 0 aliphatic carbocycles. The van der Waals surface area contributed by atoms with Gasteiger partial charge in [0.15, 0.2) is 11.4 Å². The van der Waals surface area contributed by atoms with Crippen LogP contribution in [0.25, 0.3) is 10.9 Å². The van der Waals surface area contributed by atoms with Crippen molar-refractivity contribution in [1.82, 2.24) is 4.57 Å². The maximum absolute atomic E-state index is 12.2. The molecule has 1 aromatic heterocycles. The minimum atomic E-state index is -1.08. The number of carboxylic acids is 1. The van der Waals surface area contributed by atoms with Gasteiger partial charge in [-0.05, 0) is 48.0 Å². The summed E-state index contributed by atoms with van der Waals surface area (Å²) in [6.07, 6.45) is 0.250. The van der Waals surface area contributed by atoms with Crippen molar-refractivity contribution in [3.05, 3.63) is 94.1 Å². The number of halogens is 2. The molecule has 4 rings (SSSR count). The van der Waals surface area contributed by atoms with E-state index in [0.29, 0.717) is 27.7 Å². The van der Waals surface area contributed by atoms with Crippen LogP contribution in [0.15, 0.2) is 72.8 Å². The third kappa shape index (κ3) is 5.13. The van der Waals surface area contributed by atoms with Gasteiger partial charge in [0.2, 0.25) is 0 Å². The minimum absolute atomic E-state index is 0.0658. The summed E-state index contributed by atoms with van der Waals surface area (Å²) < 4.78 is 7.71. The predicted octanol–water partition coefficient (Wildman–Crippen LogP) is 5.90. The Labute approximate surface area is 187 Å². The van der Waals surface area contributed by atoms with Crippen LogP contribution in [0.2, 0.25) is 10.0 Å². The number of para-hydroxylation sites is 1. The van der Waals surface area contributed by atoms with Gasteiger partial charge in [0.05, 0.1) is 5.52 Å². The van der Waals surface area contributed by atoms with E-state index in [2.05, 4.69) is 0 Å². The van der Waals surface area contributed by atoms with Crippen LogP contribution in [0.4, 0.5) is 0 Å². The molecule has 156 valence electrons. The molecule has 0 radical (unpaired) electrons. The average Bonchev–Trinajstić information content (AvgIpc) is 3.03. The van der Waals surface area contributed by atoms with Gasteiger partial charge in [0.1, 0.15) is 5.75 Å². The Hall–Kier alpha value is -3.57. The van der Waals surface area contributed by atoms with Gasteiger partial charge < -0.3 is 14.4 Å². The SMILES string of the molecule is O=C(O)c1c(Oc2ccccc2)c2cc(Cl)ccc2n1Cc1ccc(Cl)cc1.O=C=O. The smallest absolute Gasteiger partial charge is 0.373 e. The summed E-state index contributed by atoms with van der Waals surface area (Å²) in [7, 11) is 0. The molecule has 0 saturated heterocycles. The molecule has 4 aromatic rings. The number of hydrogen-bond acceptors (Lipinski definition) is 4. The van der Waals surface area contributed by atoms with Crippen molar-refractivity contribution in [2.45, 2.75) is 6.54 Å². The average molecular weight is 456 g/mol. The first-order chi connectivity index (χ1) is 14.9. The Bertz CT molecular complexity index is 1240. The largest absolute Gasteiger partial charge is 0.476 e. The molecule has 0 atom stereocenters. The van der Waals surface area contributed by atoms with Crippen molar-refractivity contribution >= 4 is 46.2 Å². The maximum Gasteiger partial charge on any atom is 0.373 e. The molecular weight excluding hydrogens is 441 g/mol. The Balaban J connectivity index is 0.000000858. The minimum Gasteiger partial charge on any atom is -0.476 e. The number of aromatic nitrogens is 1. The molecule has 0 aliphatic heterocycles. The van der Waals surface area contributed by atoms with E-state index >= 15 is 0 Å². The summed E-state index contributed by atoms with van der Waals surface area (Å²) in [5.41, 5.74) is 1.71. The molecule has 0 spiro atoms. The predicted molar refractivity (Wildman–Crippen MR) is 116 cm³/mol. The van der Waals surface area contributed by atoms with Crippen molar-refractivity contribution < 1.29 is 24.2 Å². The molecule has 0 aliphatic rings. The van der Waals surface area contributed by atoms with Crippen molar-refractivity contribution in [2.75, 3.05) is 0 Å². The lowest BCUT2D eigenvalue weighted by Crippen LogP contribution is -2.10. The molecule has 31 heavy (non-hydrogen) atoms. The fourth-order valence-corrected chi connectivity index (χ4v) is 3.45. The summed E-state index contributed by atoms with van der Waals surface area (Å²) in [6.45, 7) is 0.356. The molecule has 3 aromatic carbocycles. The zero-order chi connectivity index (χ0) is 22.4. The first-order valence-electron chi connectivity index (χ1n) is 8.96. The quantitative estimate of drug-likeness (QED) is 0.404. The first-order valence-corrected chi connectivity index (χ1v) is 9.72. The van der Waals surface area contributed by atoms with E-state index in [4.69, 9.17) is 37.5 Å². The fraction of sp³-hybridized carbons (Fsp3) is 0.0435. The van der Waals surface area contributed by atoms with Crippen LogP contribution >= 0.6 is 23.2 Å². The monoisotopic (exact) mass is 455 g/mol. The van der Waals surface area contributed by atoms with Gasteiger partial charge in [-0.2, -0.15) is 9.59 Å².